The predicted molar refractivity (Wildman–Crippen MR) is 102 cm³/mol. The monoisotopic (exact) mass is 375 g/mol. The van der Waals surface area contributed by atoms with Gasteiger partial charge in [-0.3, -0.25) is 4.79 Å². The van der Waals surface area contributed by atoms with Crippen molar-refractivity contribution in [1.29, 1.82) is 0 Å². The fraction of sp³-hybridized carbons (Fsp3) is 0.300. The molecule has 0 heterocycles. The number of rotatable bonds is 6. The van der Waals surface area contributed by atoms with E-state index >= 15 is 0 Å². The number of nitrogens with one attached hydrogen (secondary N) is 1. The summed E-state index contributed by atoms with van der Waals surface area (Å²) < 4.78 is 10.7. The molecule has 0 aliphatic rings. The summed E-state index contributed by atoms with van der Waals surface area (Å²) in [5.41, 5.74) is 2.73. The van der Waals surface area contributed by atoms with Crippen molar-refractivity contribution in [3.63, 3.8) is 0 Å². The molecule has 0 aliphatic heterocycles. The van der Waals surface area contributed by atoms with Crippen LogP contribution in [0.2, 0.25) is 5.02 Å². The number of ether oxygens (including phenoxy) is 2. The highest BCUT2D eigenvalue weighted by atomic mass is 35.5. The average molecular weight is 376 g/mol. The van der Waals surface area contributed by atoms with E-state index in [2.05, 4.69) is 5.32 Å². The maximum absolute atomic E-state index is 12.4. The van der Waals surface area contributed by atoms with Crippen LogP contribution < -0.4 is 10.1 Å². The number of esters is 1. The van der Waals surface area contributed by atoms with Gasteiger partial charge in [0.25, 0.3) is 5.91 Å². The van der Waals surface area contributed by atoms with E-state index in [1.165, 1.54) is 6.07 Å². The third-order valence-electron chi connectivity index (χ3n) is 3.96. The largest absolute Gasteiger partial charge is 0.481 e. The summed E-state index contributed by atoms with van der Waals surface area (Å²) in [5.74, 6) is -0.202. The van der Waals surface area contributed by atoms with Crippen LogP contribution >= 0.6 is 11.6 Å². The molecule has 2 rings (SSSR count). The first-order chi connectivity index (χ1) is 12.3. The van der Waals surface area contributed by atoms with Crippen LogP contribution in [-0.4, -0.2) is 24.6 Å². The number of halogens is 1. The molecule has 1 amide bonds. The second kappa shape index (κ2) is 8.72. The Hall–Kier alpha value is -2.53. The Bertz CT molecular complexity index is 819. The van der Waals surface area contributed by atoms with Gasteiger partial charge in [-0.25, -0.2) is 4.79 Å². The number of anilines is 1. The molecule has 26 heavy (non-hydrogen) atoms. The highest BCUT2D eigenvalue weighted by Crippen LogP contribution is 2.24. The number of hydrogen-bond acceptors (Lipinski definition) is 4. The zero-order valence-corrected chi connectivity index (χ0v) is 16.0. The first-order valence-corrected chi connectivity index (χ1v) is 8.71. The van der Waals surface area contributed by atoms with Crippen molar-refractivity contribution in [2.75, 3.05) is 11.9 Å². The van der Waals surface area contributed by atoms with Crippen molar-refractivity contribution in [3.05, 3.63) is 58.1 Å². The summed E-state index contributed by atoms with van der Waals surface area (Å²) in [6.07, 6.45) is -0.711. The van der Waals surface area contributed by atoms with Gasteiger partial charge in [-0.1, -0.05) is 23.7 Å². The Labute approximate surface area is 158 Å². The summed E-state index contributed by atoms with van der Waals surface area (Å²) in [6.45, 7) is 7.55. The summed E-state index contributed by atoms with van der Waals surface area (Å²) in [5, 5.41) is 3.00. The highest BCUT2D eigenvalue weighted by Gasteiger charge is 2.18. The number of aryl methyl sites for hydroxylation is 1. The van der Waals surface area contributed by atoms with Gasteiger partial charge in [-0.15, -0.1) is 0 Å². The van der Waals surface area contributed by atoms with E-state index in [9.17, 15) is 9.59 Å². The SMILES string of the molecule is CCOC(=O)c1cc(NC(=O)C(C)Oc2cccc(C)c2C)ccc1Cl. The predicted octanol–water partition coefficient (Wildman–Crippen LogP) is 4.54. The maximum atomic E-state index is 12.4. The Morgan fingerprint density at radius 3 is 2.62 bits per heavy atom. The fourth-order valence-corrected chi connectivity index (χ4v) is 2.50. The number of hydrogen-bond donors (Lipinski definition) is 1. The molecule has 138 valence electrons. The standard InChI is InChI=1S/C20H22ClNO4/c1-5-25-20(24)16-11-15(9-10-17(16)21)22-19(23)14(4)26-18-8-6-7-12(2)13(18)3/h6-11,14H,5H2,1-4H3,(H,22,23). The van der Waals surface area contributed by atoms with Gasteiger partial charge in [0, 0.05) is 5.69 Å². The van der Waals surface area contributed by atoms with Crippen molar-refractivity contribution < 1.29 is 19.1 Å². The second-order valence-corrected chi connectivity index (χ2v) is 6.27. The number of carbonyl (C=O) groups excluding carboxylic acids is 2. The smallest absolute Gasteiger partial charge is 0.339 e. The molecule has 0 saturated heterocycles. The Kier molecular flexibility index (Phi) is 6.64. The summed E-state index contributed by atoms with van der Waals surface area (Å²) in [7, 11) is 0. The van der Waals surface area contributed by atoms with E-state index < -0.39 is 12.1 Å². The van der Waals surface area contributed by atoms with Crippen LogP contribution in [0.5, 0.6) is 5.75 Å². The molecule has 6 heteroatoms. The van der Waals surface area contributed by atoms with Gasteiger partial charge >= 0.3 is 5.97 Å². The van der Waals surface area contributed by atoms with Crippen molar-refractivity contribution in [2.45, 2.75) is 33.8 Å². The van der Waals surface area contributed by atoms with E-state index in [1.807, 2.05) is 32.0 Å². The molecule has 0 fully saturated rings. The van der Waals surface area contributed by atoms with E-state index in [0.29, 0.717) is 11.4 Å². The van der Waals surface area contributed by atoms with E-state index in [-0.39, 0.29) is 23.1 Å². The minimum absolute atomic E-state index is 0.203. The van der Waals surface area contributed by atoms with E-state index in [0.717, 1.165) is 11.1 Å². The molecular formula is C20H22ClNO4. The summed E-state index contributed by atoms with van der Waals surface area (Å²) in [4.78, 5) is 24.3. The lowest BCUT2D eigenvalue weighted by Crippen LogP contribution is -2.30. The third-order valence-corrected chi connectivity index (χ3v) is 4.29. The van der Waals surface area contributed by atoms with Crippen LogP contribution in [-0.2, 0) is 9.53 Å². The van der Waals surface area contributed by atoms with Gasteiger partial charge in [0.2, 0.25) is 0 Å². The maximum Gasteiger partial charge on any atom is 0.339 e. The van der Waals surface area contributed by atoms with Crippen molar-refractivity contribution in [1.82, 2.24) is 0 Å². The summed E-state index contributed by atoms with van der Waals surface area (Å²) >= 11 is 6.03. The lowest BCUT2D eigenvalue weighted by molar-refractivity contribution is -0.122. The normalized spacial score (nSPS) is 11.6. The zero-order chi connectivity index (χ0) is 19.3. The molecule has 1 unspecified atom stereocenters. The first kappa shape index (κ1) is 19.8. The van der Waals surface area contributed by atoms with Crippen LogP contribution in [0.15, 0.2) is 36.4 Å². The molecule has 1 atom stereocenters. The van der Waals surface area contributed by atoms with E-state index in [4.69, 9.17) is 21.1 Å². The van der Waals surface area contributed by atoms with Gasteiger partial charge in [0.05, 0.1) is 17.2 Å². The zero-order valence-electron chi connectivity index (χ0n) is 15.3. The average Bonchev–Trinajstić information content (AvgIpc) is 2.60. The molecule has 0 radical (unpaired) electrons. The molecule has 2 aromatic carbocycles. The number of carbonyl (C=O) groups is 2. The van der Waals surface area contributed by atoms with Crippen LogP contribution in [0.1, 0.15) is 35.3 Å². The first-order valence-electron chi connectivity index (χ1n) is 8.34. The minimum Gasteiger partial charge on any atom is -0.481 e. The lowest BCUT2D eigenvalue weighted by Gasteiger charge is -2.17. The lowest BCUT2D eigenvalue weighted by atomic mass is 10.1. The molecule has 0 aromatic heterocycles. The number of amides is 1. The Morgan fingerprint density at radius 2 is 1.92 bits per heavy atom. The van der Waals surface area contributed by atoms with E-state index in [1.54, 1.807) is 26.0 Å². The van der Waals surface area contributed by atoms with Gasteiger partial charge in [-0.2, -0.15) is 0 Å². The topological polar surface area (TPSA) is 64.6 Å². The van der Waals surface area contributed by atoms with Crippen LogP contribution in [0.3, 0.4) is 0 Å². The second-order valence-electron chi connectivity index (χ2n) is 5.86. The Balaban J connectivity index is 2.10. The van der Waals surface area contributed by atoms with Crippen LogP contribution in [0, 0.1) is 13.8 Å². The Morgan fingerprint density at radius 1 is 1.19 bits per heavy atom. The molecule has 0 spiro atoms. The molecular weight excluding hydrogens is 354 g/mol. The minimum atomic E-state index is -0.711. The van der Waals surface area contributed by atoms with Crippen molar-refractivity contribution >= 4 is 29.2 Å². The molecule has 5 nitrogen and oxygen atoms in total. The summed E-state index contributed by atoms with van der Waals surface area (Å²) in [6, 6.07) is 10.3. The number of benzene rings is 2. The van der Waals surface area contributed by atoms with Crippen molar-refractivity contribution in [2.24, 2.45) is 0 Å². The van der Waals surface area contributed by atoms with Gasteiger partial charge in [-0.05, 0) is 63.1 Å². The molecule has 1 N–H and O–H groups in total. The van der Waals surface area contributed by atoms with Crippen LogP contribution in [0.25, 0.3) is 0 Å². The van der Waals surface area contributed by atoms with Crippen LogP contribution in [0.4, 0.5) is 5.69 Å². The van der Waals surface area contributed by atoms with Gasteiger partial charge < -0.3 is 14.8 Å². The van der Waals surface area contributed by atoms with Gasteiger partial charge in [0.15, 0.2) is 6.10 Å². The third kappa shape index (κ3) is 4.76. The molecule has 0 saturated carbocycles. The fourth-order valence-electron chi connectivity index (χ4n) is 2.31. The molecule has 0 aliphatic carbocycles. The highest BCUT2D eigenvalue weighted by molar-refractivity contribution is 6.33. The molecule has 0 bridgehead atoms. The quantitative estimate of drug-likeness (QED) is 0.753. The van der Waals surface area contributed by atoms with Crippen molar-refractivity contribution in [3.8, 4) is 5.75 Å². The van der Waals surface area contributed by atoms with Gasteiger partial charge in [0.1, 0.15) is 5.75 Å². The molecule has 2 aromatic rings.